The third-order valence-corrected chi connectivity index (χ3v) is 5.36. The van der Waals surface area contributed by atoms with Gasteiger partial charge in [0.2, 0.25) is 0 Å². The van der Waals surface area contributed by atoms with E-state index in [0.29, 0.717) is 33.1 Å². The van der Waals surface area contributed by atoms with Gasteiger partial charge in [-0.3, -0.25) is 19.7 Å². The van der Waals surface area contributed by atoms with Crippen molar-refractivity contribution in [3.8, 4) is 0 Å². The van der Waals surface area contributed by atoms with Crippen molar-refractivity contribution in [2.45, 2.75) is 0 Å². The van der Waals surface area contributed by atoms with Crippen LogP contribution in [-0.4, -0.2) is 22.8 Å². The van der Waals surface area contributed by atoms with Gasteiger partial charge in [-0.05, 0) is 66.8 Å². The van der Waals surface area contributed by atoms with Crippen molar-refractivity contribution in [1.82, 2.24) is 5.32 Å². The zero-order valence-electron chi connectivity index (χ0n) is 15.7. The van der Waals surface area contributed by atoms with Crippen molar-refractivity contribution >= 4 is 69.6 Å². The Balaban J connectivity index is 1.48. The highest BCUT2D eigenvalue weighted by Crippen LogP contribution is 2.32. The Morgan fingerprint density at radius 1 is 0.871 bits per heavy atom. The molecule has 0 bridgehead atoms. The number of thiocarbonyl (C=S) groups is 1. The fourth-order valence-corrected chi connectivity index (χ4v) is 3.65. The standard InChI is InChI=1S/C22H13Cl2N3O3S/c23-13-7-5-12(6-8-13)19(28)26-22(31)25-18-10-9-14(11-17(18)24)27-20(29)15-3-1-2-4-16(15)21(27)30/h1-11H,(H2,25,26,28,31). The minimum atomic E-state index is -0.414. The maximum Gasteiger partial charge on any atom is 0.266 e. The molecule has 0 saturated carbocycles. The van der Waals surface area contributed by atoms with Crippen LogP contribution in [0.15, 0.2) is 66.7 Å². The maximum absolute atomic E-state index is 12.6. The van der Waals surface area contributed by atoms with Crippen LogP contribution in [0.2, 0.25) is 10.0 Å². The molecule has 0 atom stereocenters. The summed E-state index contributed by atoms with van der Waals surface area (Å²) >= 11 is 17.3. The van der Waals surface area contributed by atoms with Gasteiger partial charge in [0.15, 0.2) is 5.11 Å². The number of nitrogens with one attached hydrogen (secondary N) is 2. The first kappa shape index (κ1) is 21.0. The van der Waals surface area contributed by atoms with E-state index < -0.39 is 17.7 Å². The molecule has 0 fully saturated rings. The number of carbonyl (C=O) groups excluding carboxylic acids is 3. The number of carbonyl (C=O) groups is 3. The molecule has 0 saturated heterocycles. The van der Waals surface area contributed by atoms with E-state index in [4.69, 9.17) is 35.4 Å². The summed E-state index contributed by atoms with van der Waals surface area (Å²) in [6.45, 7) is 0. The molecule has 4 rings (SSSR count). The second kappa shape index (κ2) is 8.47. The number of anilines is 2. The minimum Gasteiger partial charge on any atom is -0.331 e. The normalized spacial score (nSPS) is 12.5. The highest BCUT2D eigenvalue weighted by atomic mass is 35.5. The number of fused-ring (bicyclic) bond motifs is 1. The number of benzene rings is 3. The summed E-state index contributed by atoms with van der Waals surface area (Å²) in [6.07, 6.45) is 0. The van der Waals surface area contributed by atoms with Gasteiger partial charge in [-0.2, -0.15) is 0 Å². The van der Waals surface area contributed by atoms with Crippen molar-refractivity contribution in [2.24, 2.45) is 0 Å². The molecule has 1 heterocycles. The molecular formula is C22H13Cl2N3O3S. The van der Waals surface area contributed by atoms with E-state index in [1.54, 1.807) is 60.7 Å². The molecule has 2 N–H and O–H groups in total. The number of hydrogen-bond donors (Lipinski definition) is 2. The molecule has 9 heteroatoms. The van der Waals surface area contributed by atoms with Gasteiger partial charge in [0.25, 0.3) is 17.7 Å². The Hall–Kier alpha value is -3.26. The van der Waals surface area contributed by atoms with Gasteiger partial charge in [0, 0.05) is 10.6 Å². The molecule has 3 amide bonds. The van der Waals surface area contributed by atoms with Gasteiger partial charge in [-0.1, -0.05) is 35.3 Å². The fourth-order valence-electron chi connectivity index (χ4n) is 3.10. The first-order valence-corrected chi connectivity index (χ1v) is 10.2. The number of rotatable bonds is 3. The van der Waals surface area contributed by atoms with Gasteiger partial charge >= 0.3 is 0 Å². The Kier molecular flexibility index (Phi) is 5.73. The second-order valence-electron chi connectivity index (χ2n) is 6.57. The van der Waals surface area contributed by atoms with Crippen LogP contribution in [0.1, 0.15) is 31.1 Å². The lowest BCUT2D eigenvalue weighted by Crippen LogP contribution is -2.34. The second-order valence-corrected chi connectivity index (χ2v) is 7.82. The lowest BCUT2D eigenvalue weighted by atomic mass is 10.1. The largest absolute Gasteiger partial charge is 0.331 e. The van der Waals surface area contributed by atoms with E-state index >= 15 is 0 Å². The van der Waals surface area contributed by atoms with Gasteiger partial charge in [-0.15, -0.1) is 0 Å². The predicted molar refractivity (Wildman–Crippen MR) is 124 cm³/mol. The van der Waals surface area contributed by atoms with Gasteiger partial charge in [-0.25, -0.2) is 4.90 Å². The highest BCUT2D eigenvalue weighted by Gasteiger charge is 2.36. The highest BCUT2D eigenvalue weighted by molar-refractivity contribution is 7.80. The molecule has 1 aliphatic rings. The molecule has 6 nitrogen and oxygen atoms in total. The first-order chi connectivity index (χ1) is 14.8. The quantitative estimate of drug-likeness (QED) is 0.420. The molecular weight excluding hydrogens is 457 g/mol. The zero-order chi connectivity index (χ0) is 22.1. The van der Waals surface area contributed by atoms with Crippen LogP contribution in [0.25, 0.3) is 0 Å². The summed E-state index contributed by atoms with van der Waals surface area (Å²) in [5, 5.41) is 6.15. The maximum atomic E-state index is 12.6. The molecule has 0 spiro atoms. The smallest absolute Gasteiger partial charge is 0.266 e. The lowest BCUT2D eigenvalue weighted by molar-refractivity contribution is 0.0923. The van der Waals surface area contributed by atoms with Gasteiger partial charge in [0.05, 0.1) is 27.5 Å². The Bertz CT molecular complexity index is 1210. The third-order valence-electron chi connectivity index (χ3n) is 4.59. The Morgan fingerprint density at radius 3 is 2.06 bits per heavy atom. The summed E-state index contributed by atoms with van der Waals surface area (Å²) in [5.74, 6) is -1.24. The van der Waals surface area contributed by atoms with Crippen molar-refractivity contribution in [1.29, 1.82) is 0 Å². The van der Waals surface area contributed by atoms with Crippen molar-refractivity contribution in [3.63, 3.8) is 0 Å². The monoisotopic (exact) mass is 469 g/mol. The molecule has 0 unspecified atom stereocenters. The summed E-state index contributed by atoms with van der Waals surface area (Å²) in [7, 11) is 0. The van der Waals surface area contributed by atoms with Crippen LogP contribution >= 0.6 is 35.4 Å². The van der Waals surface area contributed by atoms with Gasteiger partial charge < -0.3 is 5.32 Å². The summed E-state index contributed by atoms with van der Waals surface area (Å²) in [6, 6.07) is 17.6. The molecule has 3 aromatic rings. The summed E-state index contributed by atoms with van der Waals surface area (Å²) in [4.78, 5) is 38.6. The lowest BCUT2D eigenvalue weighted by Gasteiger charge is -2.16. The number of nitrogens with zero attached hydrogens (tertiary/aromatic N) is 1. The van der Waals surface area contributed by atoms with Crippen LogP contribution in [-0.2, 0) is 0 Å². The minimum absolute atomic E-state index is 0.0373. The van der Waals surface area contributed by atoms with Crippen LogP contribution in [0, 0.1) is 0 Å². The van der Waals surface area contributed by atoms with Crippen LogP contribution in [0.4, 0.5) is 11.4 Å². The van der Waals surface area contributed by atoms with E-state index in [0.717, 1.165) is 4.90 Å². The van der Waals surface area contributed by atoms with Crippen molar-refractivity contribution in [3.05, 3.63) is 93.5 Å². The fraction of sp³-hybridized carbons (Fsp3) is 0. The zero-order valence-corrected chi connectivity index (χ0v) is 18.0. The molecule has 0 aliphatic carbocycles. The van der Waals surface area contributed by atoms with E-state index in [1.165, 1.54) is 6.07 Å². The molecule has 3 aromatic carbocycles. The summed E-state index contributed by atoms with van der Waals surface area (Å²) < 4.78 is 0. The molecule has 0 radical (unpaired) electrons. The number of amides is 3. The van der Waals surface area contributed by atoms with Gasteiger partial charge in [0.1, 0.15) is 0 Å². The Labute approximate surface area is 192 Å². The Morgan fingerprint density at radius 2 is 1.48 bits per heavy atom. The van der Waals surface area contributed by atoms with Crippen molar-refractivity contribution in [2.75, 3.05) is 10.2 Å². The number of hydrogen-bond acceptors (Lipinski definition) is 4. The number of imide groups is 1. The van der Waals surface area contributed by atoms with Crippen LogP contribution in [0.5, 0.6) is 0 Å². The molecule has 31 heavy (non-hydrogen) atoms. The third kappa shape index (κ3) is 4.16. The van der Waals surface area contributed by atoms with Crippen LogP contribution in [0.3, 0.4) is 0 Å². The van der Waals surface area contributed by atoms with E-state index in [2.05, 4.69) is 10.6 Å². The topological polar surface area (TPSA) is 78.5 Å². The van der Waals surface area contributed by atoms with Crippen LogP contribution < -0.4 is 15.5 Å². The van der Waals surface area contributed by atoms with E-state index in [9.17, 15) is 14.4 Å². The number of halogens is 2. The molecule has 1 aliphatic heterocycles. The van der Waals surface area contributed by atoms with E-state index in [-0.39, 0.29) is 10.1 Å². The van der Waals surface area contributed by atoms with E-state index in [1.807, 2.05) is 0 Å². The molecule has 154 valence electrons. The summed E-state index contributed by atoms with van der Waals surface area (Å²) in [5.41, 5.74) is 1.82. The average molecular weight is 470 g/mol. The average Bonchev–Trinajstić information content (AvgIpc) is 3.00. The first-order valence-electron chi connectivity index (χ1n) is 9.00. The molecule has 0 aromatic heterocycles. The SMILES string of the molecule is O=C(NC(=S)Nc1ccc(N2C(=O)c3ccccc3C2=O)cc1Cl)c1ccc(Cl)cc1. The van der Waals surface area contributed by atoms with Crippen molar-refractivity contribution < 1.29 is 14.4 Å². The predicted octanol–water partition coefficient (Wildman–Crippen LogP) is 4.92.